The summed E-state index contributed by atoms with van der Waals surface area (Å²) in [6, 6.07) is 10.2. The lowest BCUT2D eigenvalue weighted by molar-refractivity contribution is 0.460. The average molecular weight is 501 g/mol. The number of rotatable bonds is 4. The van der Waals surface area contributed by atoms with Gasteiger partial charge in [-0.15, -0.1) is 0 Å². The largest absolute Gasteiger partial charge is 0.506 e. The van der Waals surface area contributed by atoms with Crippen LogP contribution in [0.2, 0.25) is 10.0 Å². The molecule has 3 aromatic carbocycles. The fourth-order valence-electron chi connectivity index (χ4n) is 3.42. The van der Waals surface area contributed by atoms with E-state index in [0.717, 1.165) is 6.07 Å². The van der Waals surface area contributed by atoms with Gasteiger partial charge in [-0.25, -0.2) is 27.1 Å². The van der Waals surface area contributed by atoms with Gasteiger partial charge in [0.2, 0.25) is 20.0 Å². The highest BCUT2D eigenvalue weighted by Crippen LogP contribution is 2.46. The number of primary sulfonamides is 2. The van der Waals surface area contributed by atoms with Gasteiger partial charge in [-0.3, -0.25) is 0 Å². The summed E-state index contributed by atoms with van der Waals surface area (Å²) < 4.78 is 50.2. The highest BCUT2D eigenvalue weighted by molar-refractivity contribution is 7.90. The van der Waals surface area contributed by atoms with E-state index in [9.17, 15) is 21.9 Å². The Kier molecular flexibility index (Phi) is 6.13. The van der Waals surface area contributed by atoms with E-state index in [1.54, 1.807) is 19.9 Å². The van der Waals surface area contributed by atoms with Crippen LogP contribution in [-0.4, -0.2) is 21.9 Å². The van der Waals surface area contributed by atoms with Crippen molar-refractivity contribution in [2.24, 2.45) is 10.3 Å². The van der Waals surface area contributed by atoms with Gasteiger partial charge in [-0.2, -0.15) is 0 Å². The highest BCUT2D eigenvalue weighted by atomic mass is 35.5. The molecular weight excluding hydrogens is 483 g/mol. The zero-order valence-electron chi connectivity index (χ0n) is 16.3. The summed E-state index contributed by atoms with van der Waals surface area (Å²) in [5, 5.41) is 22.6. The van der Waals surface area contributed by atoms with Crippen LogP contribution in [0.5, 0.6) is 5.75 Å². The Morgan fingerprint density at radius 2 is 1.23 bits per heavy atom. The molecule has 31 heavy (non-hydrogen) atoms. The van der Waals surface area contributed by atoms with E-state index in [2.05, 4.69) is 0 Å². The van der Waals surface area contributed by atoms with Crippen LogP contribution in [0.4, 0.5) is 0 Å². The van der Waals surface area contributed by atoms with Gasteiger partial charge in [0, 0.05) is 21.2 Å². The van der Waals surface area contributed by atoms with Crippen LogP contribution in [0, 0.1) is 13.8 Å². The van der Waals surface area contributed by atoms with Crippen molar-refractivity contribution < 1.29 is 21.9 Å². The number of phenols is 1. The molecule has 0 atom stereocenters. The quantitative estimate of drug-likeness (QED) is 0.497. The monoisotopic (exact) mass is 500 g/mol. The molecule has 0 aliphatic heterocycles. The highest BCUT2D eigenvalue weighted by Gasteiger charge is 2.31. The molecule has 0 saturated heterocycles. The van der Waals surface area contributed by atoms with Crippen molar-refractivity contribution in [3.05, 3.63) is 63.6 Å². The Morgan fingerprint density at radius 3 is 1.65 bits per heavy atom. The Hall–Kier alpha value is -2.14. The Labute approximate surface area is 190 Å². The lowest BCUT2D eigenvalue weighted by atomic mass is 9.94. The summed E-state index contributed by atoms with van der Waals surface area (Å²) in [7, 11) is -9.05. The maximum absolute atomic E-state index is 12.6. The fraction of sp³-hybridized carbons (Fsp3) is 0.100. The van der Waals surface area contributed by atoms with E-state index < -0.39 is 35.6 Å². The van der Waals surface area contributed by atoms with Crippen molar-refractivity contribution in [3.8, 4) is 28.0 Å². The lowest BCUT2D eigenvalue weighted by Gasteiger charge is -2.20. The summed E-state index contributed by atoms with van der Waals surface area (Å²) in [5.74, 6) is -0.704. The van der Waals surface area contributed by atoms with E-state index in [1.807, 2.05) is 0 Å². The molecule has 0 amide bonds. The number of hydrogen-bond donors (Lipinski definition) is 3. The molecular formula is C20H18Cl2N2O5S2. The summed E-state index contributed by atoms with van der Waals surface area (Å²) in [4.78, 5) is -1.27. The maximum Gasteiger partial charge on any atom is 0.242 e. The predicted molar refractivity (Wildman–Crippen MR) is 121 cm³/mol. The van der Waals surface area contributed by atoms with Crippen molar-refractivity contribution >= 4 is 43.2 Å². The van der Waals surface area contributed by atoms with Gasteiger partial charge >= 0.3 is 0 Å². The zero-order chi connectivity index (χ0) is 23.3. The van der Waals surface area contributed by atoms with Crippen LogP contribution in [0.3, 0.4) is 0 Å². The van der Waals surface area contributed by atoms with Crippen LogP contribution < -0.4 is 10.3 Å². The molecule has 0 heterocycles. The first-order chi connectivity index (χ1) is 14.2. The summed E-state index contributed by atoms with van der Waals surface area (Å²) in [5.41, 5.74) is 1.17. The number of nitrogens with two attached hydrogens (primary N) is 2. The molecule has 0 aliphatic rings. The van der Waals surface area contributed by atoms with Crippen molar-refractivity contribution in [1.82, 2.24) is 0 Å². The topological polar surface area (TPSA) is 141 Å². The third-order valence-corrected chi connectivity index (χ3v) is 7.12. The Bertz CT molecular complexity index is 1440. The van der Waals surface area contributed by atoms with E-state index >= 15 is 0 Å². The maximum atomic E-state index is 12.6. The minimum absolute atomic E-state index is 0.0717. The molecule has 0 spiro atoms. The molecule has 0 saturated carbocycles. The molecule has 3 rings (SSSR count). The number of benzene rings is 3. The van der Waals surface area contributed by atoms with Gasteiger partial charge in [-0.1, -0.05) is 35.3 Å². The van der Waals surface area contributed by atoms with Crippen molar-refractivity contribution in [2.45, 2.75) is 23.6 Å². The smallest absolute Gasteiger partial charge is 0.242 e. The fourth-order valence-corrected chi connectivity index (χ4v) is 5.60. The molecule has 0 aliphatic carbocycles. The molecule has 0 unspecified atom stereocenters. The third kappa shape index (κ3) is 4.57. The van der Waals surface area contributed by atoms with Crippen molar-refractivity contribution in [1.29, 1.82) is 0 Å². The summed E-state index contributed by atoms with van der Waals surface area (Å²) in [6.45, 7) is 3.28. The number of aromatic hydroxyl groups is 1. The number of aryl methyl sites for hydroxylation is 2. The first-order valence-corrected chi connectivity index (χ1v) is 12.5. The van der Waals surface area contributed by atoms with Crippen molar-refractivity contribution in [3.63, 3.8) is 0 Å². The third-order valence-electron chi connectivity index (χ3n) is 4.75. The van der Waals surface area contributed by atoms with Crippen LogP contribution in [-0.2, 0) is 20.0 Å². The molecule has 7 nitrogen and oxygen atoms in total. The van der Waals surface area contributed by atoms with Gasteiger partial charge in [0.25, 0.3) is 0 Å². The summed E-state index contributed by atoms with van der Waals surface area (Å²) >= 11 is 12.0. The number of phenolic OH excluding ortho intramolecular Hbond substituents is 1. The minimum Gasteiger partial charge on any atom is -0.506 e. The number of hydrogen-bond acceptors (Lipinski definition) is 5. The molecule has 0 bridgehead atoms. The molecule has 0 radical (unpaired) electrons. The first kappa shape index (κ1) is 23.5. The normalized spacial score (nSPS) is 12.2. The second-order valence-corrected chi connectivity index (χ2v) is 10.9. The van der Waals surface area contributed by atoms with Crippen LogP contribution in [0.25, 0.3) is 22.3 Å². The van der Waals surface area contributed by atoms with Crippen LogP contribution in [0.1, 0.15) is 11.1 Å². The molecule has 11 heteroatoms. The summed E-state index contributed by atoms with van der Waals surface area (Å²) in [6.07, 6.45) is 0. The number of sulfonamides is 2. The SMILES string of the molecule is Cc1cc(Cl)ccc1-c1cc(S(N)(=O)=O)c(-c2ccc(Cl)cc2C)c(S(N)(=O)=O)c1O. The standard InChI is InChI=1S/C20H18Cl2N2O5S2/c1-10-7-12(21)3-5-14(10)16-9-17(30(23,26)27)18(20(19(16)25)31(24,28)29)15-6-4-13(22)8-11(15)2/h3-9,25H,1-2H3,(H2,23,26,27)(H2,24,28,29). The minimum atomic E-state index is -4.60. The van der Waals surface area contributed by atoms with Crippen LogP contribution in [0.15, 0.2) is 52.3 Å². The molecule has 0 aromatic heterocycles. The zero-order valence-corrected chi connectivity index (χ0v) is 19.5. The molecule has 164 valence electrons. The van der Waals surface area contributed by atoms with E-state index in [-0.39, 0.29) is 16.7 Å². The van der Waals surface area contributed by atoms with Gasteiger partial charge in [0.15, 0.2) is 0 Å². The van der Waals surface area contributed by atoms with Gasteiger partial charge in [0.1, 0.15) is 10.6 Å². The second kappa shape index (κ2) is 8.09. The average Bonchev–Trinajstić information content (AvgIpc) is 2.60. The van der Waals surface area contributed by atoms with Crippen LogP contribution >= 0.6 is 23.2 Å². The number of halogens is 2. The van der Waals surface area contributed by atoms with E-state index in [0.29, 0.717) is 26.7 Å². The molecule has 3 aromatic rings. The van der Waals surface area contributed by atoms with Gasteiger partial charge < -0.3 is 5.11 Å². The van der Waals surface area contributed by atoms with Gasteiger partial charge in [-0.05, 0) is 66.4 Å². The van der Waals surface area contributed by atoms with E-state index in [4.69, 9.17) is 33.5 Å². The van der Waals surface area contributed by atoms with Crippen molar-refractivity contribution in [2.75, 3.05) is 0 Å². The molecule has 5 N–H and O–H groups in total. The lowest BCUT2D eigenvalue weighted by Crippen LogP contribution is -2.19. The predicted octanol–water partition coefficient (Wildman–Crippen LogP) is 3.94. The first-order valence-electron chi connectivity index (χ1n) is 8.70. The Balaban J connectivity index is 2.60. The van der Waals surface area contributed by atoms with E-state index in [1.165, 1.54) is 30.3 Å². The Morgan fingerprint density at radius 1 is 0.742 bits per heavy atom. The molecule has 0 fully saturated rings. The van der Waals surface area contributed by atoms with Gasteiger partial charge in [0.05, 0.1) is 4.90 Å². The second-order valence-electron chi connectivity index (χ2n) is 6.98.